The molecule has 3 aromatic rings. The van der Waals surface area contributed by atoms with E-state index in [1.807, 2.05) is 52.0 Å². The molecule has 0 atom stereocenters. The van der Waals surface area contributed by atoms with E-state index in [4.69, 9.17) is 25.6 Å². The minimum atomic E-state index is -0.731. The van der Waals surface area contributed by atoms with Crippen molar-refractivity contribution in [1.82, 2.24) is 5.32 Å². The highest BCUT2D eigenvalue weighted by atomic mass is 35.5. The molecule has 1 amide bonds. The first-order valence-corrected chi connectivity index (χ1v) is 13.5. The Kier molecular flexibility index (Phi) is 7.36. The first-order valence-electron chi connectivity index (χ1n) is 13.1. The molecule has 2 aliphatic rings. The van der Waals surface area contributed by atoms with Gasteiger partial charge in [0.25, 0.3) is 0 Å². The van der Waals surface area contributed by atoms with Crippen molar-refractivity contribution in [3.05, 3.63) is 99.2 Å². The van der Waals surface area contributed by atoms with Crippen LogP contribution in [0.15, 0.2) is 66.1 Å². The molecule has 0 radical (unpaired) electrons. The van der Waals surface area contributed by atoms with E-state index in [-0.39, 0.29) is 24.9 Å². The number of hydrogen-bond donors (Lipinski definition) is 1. The third-order valence-corrected chi connectivity index (χ3v) is 8.53. The molecule has 0 saturated carbocycles. The van der Waals surface area contributed by atoms with Crippen LogP contribution in [0.2, 0.25) is 5.02 Å². The first kappa shape index (κ1) is 27.4. The van der Waals surface area contributed by atoms with Gasteiger partial charge in [0.1, 0.15) is 12.4 Å². The lowest BCUT2D eigenvalue weighted by atomic mass is 9.77. The monoisotopic (exact) mass is 547 g/mol. The van der Waals surface area contributed by atoms with Gasteiger partial charge in [-0.05, 0) is 74.0 Å². The van der Waals surface area contributed by atoms with Crippen molar-refractivity contribution < 1.29 is 23.2 Å². The number of nitrogens with one attached hydrogen (secondary N) is 1. The molecule has 0 unspecified atom stereocenters. The van der Waals surface area contributed by atoms with Crippen molar-refractivity contribution >= 4 is 30.9 Å². The summed E-state index contributed by atoms with van der Waals surface area (Å²) in [7, 11) is -0.731. The van der Waals surface area contributed by atoms with Crippen LogP contribution in [0.3, 0.4) is 0 Å². The molecule has 3 aromatic carbocycles. The van der Waals surface area contributed by atoms with Gasteiger partial charge in [-0.2, -0.15) is 0 Å². The maximum absolute atomic E-state index is 14.0. The van der Waals surface area contributed by atoms with Gasteiger partial charge < -0.3 is 19.4 Å². The number of hydrogen-bond acceptors (Lipinski definition) is 4. The van der Waals surface area contributed by atoms with Crippen LogP contribution >= 0.6 is 11.6 Å². The number of alkyl carbamates (subject to hydrolysis) is 1. The fourth-order valence-electron chi connectivity index (χ4n) is 5.01. The number of fused-ring (bicyclic) bond motifs is 3. The predicted molar refractivity (Wildman–Crippen MR) is 153 cm³/mol. The molecular formula is C31H32BClFNO4. The zero-order chi connectivity index (χ0) is 27.9. The maximum Gasteiger partial charge on any atom is 0.492 e. The van der Waals surface area contributed by atoms with Crippen LogP contribution in [0.4, 0.5) is 9.18 Å². The molecule has 1 aliphatic heterocycles. The number of ether oxygens (including phenoxy) is 1. The van der Waals surface area contributed by atoms with Crippen LogP contribution in [0, 0.1) is 12.7 Å². The van der Waals surface area contributed by atoms with E-state index in [1.54, 1.807) is 19.1 Å². The van der Waals surface area contributed by atoms with E-state index >= 15 is 0 Å². The normalized spacial score (nSPS) is 17.6. The molecule has 1 heterocycles. The van der Waals surface area contributed by atoms with E-state index < -0.39 is 24.4 Å². The Morgan fingerprint density at radius 1 is 1.00 bits per heavy atom. The lowest BCUT2D eigenvalue weighted by molar-refractivity contribution is 0.00578. The Bertz CT molecular complexity index is 1390. The molecule has 39 heavy (non-hydrogen) atoms. The number of rotatable bonds is 6. The van der Waals surface area contributed by atoms with Gasteiger partial charge in [-0.15, -0.1) is 0 Å². The van der Waals surface area contributed by atoms with E-state index in [1.165, 1.54) is 17.2 Å². The molecule has 202 valence electrons. The lowest BCUT2D eigenvalue weighted by Crippen LogP contribution is -2.41. The summed E-state index contributed by atoms with van der Waals surface area (Å²) in [5.41, 5.74) is 5.05. The Morgan fingerprint density at radius 3 is 2.15 bits per heavy atom. The van der Waals surface area contributed by atoms with E-state index in [0.717, 1.165) is 11.1 Å². The highest BCUT2D eigenvalue weighted by molar-refractivity contribution is 6.56. The Labute approximate surface area is 234 Å². The number of carbonyl (C=O) groups excluding carboxylic acids is 1. The van der Waals surface area contributed by atoms with Gasteiger partial charge in [0.15, 0.2) is 0 Å². The van der Waals surface area contributed by atoms with Crippen LogP contribution in [-0.2, 0) is 14.0 Å². The van der Waals surface area contributed by atoms with Gasteiger partial charge in [0.05, 0.1) is 16.2 Å². The zero-order valence-corrected chi connectivity index (χ0v) is 23.6. The summed E-state index contributed by atoms with van der Waals surface area (Å²) in [5.74, 6) is -0.423. The molecule has 1 N–H and O–H groups in total. The Balaban J connectivity index is 1.33. The summed E-state index contributed by atoms with van der Waals surface area (Å²) in [6.45, 7) is 9.76. The topological polar surface area (TPSA) is 56.8 Å². The van der Waals surface area contributed by atoms with Crippen molar-refractivity contribution in [1.29, 1.82) is 0 Å². The van der Waals surface area contributed by atoms with Crippen LogP contribution in [0.1, 0.15) is 55.9 Å². The summed E-state index contributed by atoms with van der Waals surface area (Å²) >= 11 is 6.45. The van der Waals surface area contributed by atoms with Crippen molar-refractivity contribution in [3.8, 4) is 11.1 Å². The summed E-state index contributed by atoms with van der Waals surface area (Å²) in [6, 6.07) is 19.4. The van der Waals surface area contributed by atoms with Crippen LogP contribution in [0.5, 0.6) is 0 Å². The van der Waals surface area contributed by atoms with Crippen LogP contribution in [-0.4, -0.2) is 37.6 Å². The number of amides is 1. The number of carbonyl (C=O) groups is 1. The number of halogens is 2. The third kappa shape index (κ3) is 5.23. The average Bonchev–Trinajstić information content (AvgIpc) is 3.34. The second-order valence-corrected chi connectivity index (χ2v) is 11.4. The average molecular weight is 548 g/mol. The highest BCUT2D eigenvalue weighted by Crippen LogP contribution is 2.44. The summed E-state index contributed by atoms with van der Waals surface area (Å²) in [6.07, 6.45) is 1.22. The summed E-state index contributed by atoms with van der Waals surface area (Å²) in [4.78, 5) is 12.9. The molecule has 0 spiro atoms. The van der Waals surface area contributed by atoms with Crippen molar-refractivity contribution in [3.63, 3.8) is 0 Å². The molecule has 1 saturated heterocycles. The second kappa shape index (κ2) is 10.5. The van der Waals surface area contributed by atoms with Gasteiger partial charge in [-0.3, -0.25) is 0 Å². The Hall–Kier alpha value is -3.13. The maximum atomic E-state index is 14.0. The molecule has 8 heteroatoms. The van der Waals surface area contributed by atoms with E-state index in [9.17, 15) is 9.18 Å². The molecule has 0 aromatic heterocycles. The van der Waals surface area contributed by atoms with Gasteiger partial charge in [-0.1, -0.05) is 72.3 Å². The van der Waals surface area contributed by atoms with Gasteiger partial charge in [0, 0.05) is 18.0 Å². The highest BCUT2D eigenvalue weighted by Gasteiger charge is 2.52. The predicted octanol–water partition coefficient (Wildman–Crippen LogP) is 7.34. The molecule has 1 fully saturated rings. The van der Waals surface area contributed by atoms with Gasteiger partial charge in [0.2, 0.25) is 0 Å². The molecule has 5 nitrogen and oxygen atoms in total. The molecule has 0 bridgehead atoms. The molecule has 5 rings (SSSR count). The van der Waals surface area contributed by atoms with Gasteiger partial charge in [-0.25, -0.2) is 9.18 Å². The Morgan fingerprint density at radius 2 is 1.56 bits per heavy atom. The summed E-state index contributed by atoms with van der Waals surface area (Å²) in [5, 5.41) is 3.14. The van der Waals surface area contributed by atoms with Crippen molar-refractivity contribution in [2.75, 3.05) is 13.2 Å². The van der Waals surface area contributed by atoms with Crippen molar-refractivity contribution in [2.45, 2.75) is 51.7 Å². The van der Waals surface area contributed by atoms with E-state index in [2.05, 4.69) is 29.6 Å². The lowest BCUT2D eigenvalue weighted by Gasteiger charge is -2.32. The minimum absolute atomic E-state index is 0.0396. The second-order valence-electron chi connectivity index (χ2n) is 11.1. The SMILES string of the molecule is Cc1c(F)ccc(C=C(CNC(=O)OCC2c3ccccc3-c3ccccc32)B2OC(C)(C)C(C)(C)O2)c1Cl. The molecule has 1 aliphatic carbocycles. The van der Waals surface area contributed by atoms with Crippen LogP contribution in [0.25, 0.3) is 17.2 Å². The minimum Gasteiger partial charge on any atom is -0.449 e. The van der Waals surface area contributed by atoms with Crippen molar-refractivity contribution in [2.24, 2.45) is 0 Å². The quantitative estimate of drug-likeness (QED) is 0.328. The largest absolute Gasteiger partial charge is 0.492 e. The fourth-order valence-corrected chi connectivity index (χ4v) is 5.22. The molecular weight excluding hydrogens is 516 g/mol. The first-order chi connectivity index (χ1) is 18.5. The standard InChI is InChI=1S/C31H32BClFNO4/c1-19-27(34)15-14-20(28(19)33)16-21(32-38-30(2,3)31(4,5)39-32)17-35-29(36)37-18-26-24-12-8-6-10-22(24)23-11-7-9-13-25(23)26/h6-16,26H,17-18H2,1-5H3,(H,35,36). The number of benzene rings is 3. The van der Waals surface area contributed by atoms with E-state index in [0.29, 0.717) is 21.6 Å². The summed E-state index contributed by atoms with van der Waals surface area (Å²) < 4.78 is 32.2. The van der Waals surface area contributed by atoms with Gasteiger partial charge >= 0.3 is 13.2 Å². The third-order valence-electron chi connectivity index (χ3n) is 8.03. The van der Waals surface area contributed by atoms with Crippen LogP contribution < -0.4 is 5.32 Å². The smallest absolute Gasteiger partial charge is 0.449 e. The zero-order valence-electron chi connectivity index (χ0n) is 22.8. The fraction of sp³-hybridized carbons (Fsp3) is 0.323.